The van der Waals surface area contributed by atoms with E-state index in [0.29, 0.717) is 24.3 Å². The van der Waals surface area contributed by atoms with Crippen LogP contribution in [0.1, 0.15) is 29.3 Å². The highest BCUT2D eigenvalue weighted by Gasteiger charge is 2.09. The zero-order valence-corrected chi connectivity index (χ0v) is 10.8. The van der Waals surface area contributed by atoms with Crippen molar-refractivity contribution in [3.05, 3.63) is 29.3 Å². The summed E-state index contributed by atoms with van der Waals surface area (Å²) in [6, 6.07) is 4.69. The monoisotopic (exact) mass is 261 g/mol. The number of carboxylic acid groups (broad SMARTS) is 1. The number of rotatable bonds is 4. The van der Waals surface area contributed by atoms with E-state index < -0.39 is 5.97 Å². The Hall–Kier alpha value is -2.48. The van der Waals surface area contributed by atoms with Crippen molar-refractivity contribution < 1.29 is 19.4 Å². The van der Waals surface area contributed by atoms with Crippen LogP contribution >= 0.6 is 0 Å². The largest absolute Gasteiger partial charge is 0.497 e. The van der Waals surface area contributed by atoms with E-state index in [1.165, 1.54) is 20.1 Å². The van der Waals surface area contributed by atoms with E-state index in [-0.39, 0.29) is 11.5 Å². The van der Waals surface area contributed by atoms with E-state index in [0.717, 1.165) is 0 Å². The summed E-state index contributed by atoms with van der Waals surface area (Å²) >= 11 is 0. The number of methoxy groups -OCH3 is 1. The molecule has 0 aliphatic heterocycles. The van der Waals surface area contributed by atoms with Crippen LogP contribution in [0.15, 0.2) is 18.2 Å². The second-order valence-corrected chi connectivity index (χ2v) is 3.75. The average molecular weight is 261 g/mol. The van der Waals surface area contributed by atoms with Crippen LogP contribution in [0.5, 0.6) is 5.75 Å². The molecule has 0 radical (unpaired) electrons. The summed E-state index contributed by atoms with van der Waals surface area (Å²) < 4.78 is 4.97. The van der Waals surface area contributed by atoms with Gasteiger partial charge in [-0.25, -0.2) is 4.79 Å². The molecule has 0 unspecified atom stereocenters. The SMILES string of the molecule is COc1ccc(C#CCCNC(C)=O)c(C(=O)O)c1. The summed E-state index contributed by atoms with van der Waals surface area (Å²) in [5.41, 5.74) is 0.530. The van der Waals surface area contributed by atoms with Crippen molar-refractivity contribution in [2.45, 2.75) is 13.3 Å². The van der Waals surface area contributed by atoms with E-state index in [9.17, 15) is 9.59 Å². The first kappa shape index (κ1) is 14.6. The molecule has 5 nitrogen and oxygen atoms in total. The number of carbonyl (C=O) groups is 2. The van der Waals surface area contributed by atoms with Crippen molar-refractivity contribution in [3.63, 3.8) is 0 Å². The van der Waals surface area contributed by atoms with E-state index in [4.69, 9.17) is 9.84 Å². The van der Waals surface area contributed by atoms with Gasteiger partial charge in [0.25, 0.3) is 0 Å². The van der Waals surface area contributed by atoms with Crippen molar-refractivity contribution >= 4 is 11.9 Å². The van der Waals surface area contributed by atoms with Crippen molar-refractivity contribution in [1.29, 1.82) is 0 Å². The molecule has 0 heterocycles. The molecule has 1 rings (SSSR count). The second-order valence-electron chi connectivity index (χ2n) is 3.75. The van der Waals surface area contributed by atoms with Crippen molar-refractivity contribution in [1.82, 2.24) is 5.32 Å². The van der Waals surface area contributed by atoms with Gasteiger partial charge in [-0.2, -0.15) is 0 Å². The van der Waals surface area contributed by atoms with Crippen LogP contribution in [0.3, 0.4) is 0 Å². The topological polar surface area (TPSA) is 75.6 Å². The van der Waals surface area contributed by atoms with Gasteiger partial charge in [-0.1, -0.05) is 11.8 Å². The Labute approximate surface area is 111 Å². The zero-order valence-electron chi connectivity index (χ0n) is 10.8. The summed E-state index contributed by atoms with van der Waals surface area (Å²) in [6.07, 6.45) is 0.463. The number of nitrogens with one attached hydrogen (secondary N) is 1. The fourth-order valence-electron chi connectivity index (χ4n) is 1.40. The Kier molecular flexibility index (Phi) is 5.42. The minimum Gasteiger partial charge on any atom is -0.497 e. The number of aromatic carboxylic acids is 1. The molecule has 0 fully saturated rings. The third kappa shape index (κ3) is 4.72. The zero-order chi connectivity index (χ0) is 14.3. The number of ether oxygens (including phenoxy) is 1. The van der Waals surface area contributed by atoms with Crippen molar-refractivity contribution in [3.8, 4) is 17.6 Å². The molecule has 0 spiro atoms. The minimum absolute atomic E-state index is 0.103. The summed E-state index contributed by atoms with van der Waals surface area (Å²) in [5.74, 6) is 4.91. The molecule has 100 valence electrons. The van der Waals surface area contributed by atoms with Crippen molar-refractivity contribution in [2.75, 3.05) is 13.7 Å². The average Bonchev–Trinajstić information content (AvgIpc) is 2.38. The molecule has 1 amide bonds. The maximum atomic E-state index is 11.1. The molecule has 5 heteroatoms. The molecular weight excluding hydrogens is 246 g/mol. The molecule has 0 bridgehead atoms. The van der Waals surface area contributed by atoms with Crippen LogP contribution in [0.25, 0.3) is 0 Å². The number of hydrogen-bond donors (Lipinski definition) is 2. The number of carbonyl (C=O) groups excluding carboxylic acids is 1. The Bertz CT molecular complexity index is 540. The summed E-state index contributed by atoms with van der Waals surface area (Å²) in [4.78, 5) is 21.7. The quantitative estimate of drug-likeness (QED) is 0.632. The van der Waals surface area contributed by atoms with Crippen LogP contribution in [0, 0.1) is 11.8 Å². The third-order valence-corrected chi connectivity index (χ3v) is 2.30. The van der Waals surface area contributed by atoms with E-state index in [1.807, 2.05) is 0 Å². The van der Waals surface area contributed by atoms with Crippen molar-refractivity contribution in [2.24, 2.45) is 0 Å². The number of benzene rings is 1. The molecule has 0 aliphatic carbocycles. The van der Waals surface area contributed by atoms with Crippen LogP contribution < -0.4 is 10.1 Å². The molecule has 1 aromatic carbocycles. The van der Waals surface area contributed by atoms with E-state index >= 15 is 0 Å². The summed E-state index contributed by atoms with van der Waals surface area (Å²) in [5, 5.41) is 11.7. The molecule has 1 aromatic rings. The normalized spacial score (nSPS) is 9.16. The highest BCUT2D eigenvalue weighted by Crippen LogP contribution is 2.17. The molecule has 19 heavy (non-hydrogen) atoms. The standard InChI is InChI=1S/C14H15NO4/c1-10(16)15-8-4-3-5-11-6-7-12(19-2)9-13(11)14(17)18/h6-7,9H,4,8H2,1-2H3,(H,15,16)(H,17,18). The maximum absolute atomic E-state index is 11.1. The van der Waals surface area contributed by atoms with Crippen LogP contribution in [0.2, 0.25) is 0 Å². The van der Waals surface area contributed by atoms with Gasteiger partial charge in [-0.05, 0) is 18.2 Å². The number of amides is 1. The third-order valence-electron chi connectivity index (χ3n) is 2.30. The van der Waals surface area contributed by atoms with Gasteiger partial charge in [0.05, 0.1) is 12.7 Å². The van der Waals surface area contributed by atoms with E-state index in [2.05, 4.69) is 17.2 Å². The Balaban J connectivity index is 2.80. The first-order valence-corrected chi connectivity index (χ1v) is 5.69. The van der Waals surface area contributed by atoms with Gasteiger partial charge in [-0.15, -0.1) is 0 Å². The highest BCUT2D eigenvalue weighted by molar-refractivity contribution is 5.91. The lowest BCUT2D eigenvalue weighted by Gasteiger charge is -2.03. The summed E-state index contributed by atoms with van der Waals surface area (Å²) in [7, 11) is 1.47. The van der Waals surface area contributed by atoms with E-state index in [1.54, 1.807) is 12.1 Å². The number of hydrogen-bond acceptors (Lipinski definition) is 3. The molecule has 0 saturated heterocycles. The lowest BCUT2D eigenvalue weighted by molar-refractivity contribution is -0.118. The highest BCUT2D eigenvalue weighted by atomic mass is 16.5. The molecule has 0 aromatic heterocycles. The van der Waals surface area contributed by atoms with Gasteiger partial charge in [-0.3, -0.25) is 4.79 Å². The molecular formula is C14H15NO4. The van der Waals surface area contributed by atoms with Gasteiger partial charge in [0.1, 0.15) is 5.75 Å². The maximum Gasteiger partial charge on any atom is 0.337 e. The predicted octanol–water partition coefficient (Wildman–Crippen LogP) is 1.27. The van der Waals surface area contributed by atoms with Gasteiger partial charge in [0.2, 0.25) is 5.91 Å². The summed E-state index contributed by atoms with van der Waals surface area (Å²) in [6.45, 7) is 1.88. The van der Waals surface area contributed by atoms with Crippen LogP contribution in [0.4, 0.5) is 0 Å². The molecule has 0 aliphatic rings. The first-order chi connectivity index (χ1) is 9.04. The van der Waals surface area contributed by atoms with Crippen LogP contribution in [-0.4, -0.2) is 30.6 Å². The van der Waals surface area contributed by atoms with Gasteiger partial charge >= 0.3 is 5.97 Å². The minimum atomic E-state index is -1.05. The molecule has 2 N–H and O–H groups in total. The van der Waals surface area contributed by atoms with Gasteiger partial charge < -0.3 is 15.2 Å². The van der Waals surface area contributed by atoms with Gasteiger partial charge in [0, 0.05) is 25.5 Å². The lowest BCUT2D eigenvalue weighted by Crippen LogP contribution is -2.20. The number of carboxylic acids is 1. The fourth-order valence-corrected chi connectivity index (χ4v) is 1.40. The molecule has 0 atom stereocenters. The van der Waals surface area contributed by atoms with Gasteiger partial charge in [0.15, 0.2) is 0 Å². The Morgan fingerprint density at radius 3 is 2.74 bits per heavy atom. The fraction of sp³-hybridized carbons (Fsp3) is 0.286. The Morgan fingerprint density at radius 2 is 2.16 bits per heavy atom. The predicted molar refractivity (Wildman–Crippen MR) is 70.1 cm³/mol. The van der Waals surface area contributed by atoms with Crippen LogP contribution in [-0.2, 0) is 4.79 Å². The second kappa shape index (κ2) is 7.07. The smallest absolute Gasteiger partial charge is 0.337 e. The first-order valence-electron chi connectivity index (χ1n) is 5.69. The molecule has 0 saturated carbocycles. The Morgan fingerprint density at radius 1 is 1.42 bits per heavy atom. The lowest BCUT2D eigenvalue weighted by atomic mass is 10.1.